The van der Waals surface area contributed by atoms with Crippen molar-refractivity contribution in [2.45, 2.75) is 0 Å². The van der Waals surface area contributed by atoms with Crippen LogP contribution in [0.3, 0.4) is 0 Å². The molecule has 0 heterocycles. The van der Waals surface area contributed by atoms with Gasteiger partial charge in [-0.05, 0) is 12.1 Å². The summed E-state index contributed by atoms with van der Waals surface area (Å²) in [6.07, 6.45) is 0. The normalized spacial score (nSPS) is 10.7. The zero-order valence-electron chi connectivity index (χ0n) is 4.69. The molecule has 36 valence electrons. The Bertz CT molecular complexity index is 168. The molecule has 0 aliphatic carbocycles. The summed E-state index contributed by atoms with van der Waals surface area (Å²) < 4.78 is 18.9. The Morgan fingerprint density at radius 3 is 2.71 bits per heavy atom. The van der Waals surface area contributed by atoms with Crippen molar-refractivity contribution in [2.24, 2.45) is 0 Å². The summed E-state index contributed by atoms with van der Waals surface area (Å²) in [5, 5.41) is 0. The highest BCUT2D eigenvalue weighted by Gasteiger charge is 1.77. The monoisotopic (exact) mass is 98.0 g/mol. The van der Waals surface area contributed by atoms with E-state index in [-0.39, 0.29) is 11.9 Å². The summed E-state index contributed by atoms with van der Waals surface area (Å²) in [7, 11) is 0. The molecule has 1 heteroatoms. The zero-order chi connectivity index (χ0) is 5.98. The highest BCUT2D eigenvalue weighted by atomic mass is 19.1. The molecule has 0 aliphatic rings. The predicted molar refractivity (Wildman–Crippen MR) is 26.4 cm³/mol. The maximum Gasteiger partial charge on any atom is 0.123 e. The minimum Gasteiger partial charge on any atom is -0.207 e. The van der Waals surface area contributed by atoms with Crippen LogP contribution in [0.2, 0.25) is 0 Å². The van der Waals surface area contributed by atoms with E-state index in [0.717, 1.165) is 0 Å². The van der Waals surface area contributed by atoms with E-state index in [1.807, 2.05) is 0 Å². The SMILES string of the molecule is [3H]c1cccc(F)c1. The van der Waals surface area contributed by atoms with Crippen LogP contribution in [0.4, 0.5) is 4.39 Å². The summed E-state index contributed by atoms with van der Waals surface area (Å²) in [6, 6.07) is 5.74. The molecule has 1 aromatic rings. The Morgan fingerprint density at radius 2 is 2.29 bits per heavy atom. The van der Waals surface area contributed by atoms with Gasteiger partial charge < -0.3 is 0 Å². The van der Waals surface area contributed by atoms with Crippen LogP contribution in [0.25, 0.3) is 0 Å². The smallest absolute Gasteiger partial charge is 0.123 e. The standard InChI is InChI=1S/C6H5F/c7-6-4-2-1-3-5-6/h1-5H/i2T. The average Bonchev–Trinajstić information content (AvgIpc) is 1.64. The summed E-state index contributed by atoms with van der Waals surface area (Å²) in [6.45, 7) is 0. The van der Waals surface area contributed by atoms with Gasteiger partial charge >= 0.3 is 0 Å². The van der Waals surface area contributed by atoms with E-state index in [9.17, 15) is 4.39 Å². The van der Waals surface area contributed by atoms with Crippen molar-refractivity contribution >= 4 is 0 Å². The highest BCUT2D eigenvalue weighted by molar-refractivity contribution is 5.02. The average molecular weight is 98.1 g/mol. The molecule has 0 amide bonds. The summed E-state index contributed by atoms with van der Waals surface area (Å²) >= 11 is 0. The van der Waals surface area contributed by atoms with Gasteiger partial charge in [0.25, 0.3) is 0 Å². The van der Waals surface area contributed by atoms with Gasteiger partial charge in [-0.3, -0.25) is 0 Å². The second-order valence-electron chi connectivity index (χ2n) is 1.22. The molecule has 0 saturated carbocycles. The van der Waals surface area contributed by atoms with E-state index in [0.29, 0.717) is 0 Å². The van der Waals surface area contributed by atoms with E-state index < -0.39 is 0 Å². The highest BCUT2D eigenvalue weighted by Crippen LogP contribution is 1.91. The molecular formula is C6H5F. The fourth-order valence-electron chi connectivity index (χ4n) is 0.371. The quantitative estimate of drug-likeness (QED) is 0.464. The summed E-state index contributed by atoms with van der Waals surface area (Å²) in [5.74, 6) is -0.350. The van der Waals surface area contributed by atoms with Crippen molar-refractivity contribution in [3.63, 3.8) is 0 Å². The summed E-state index contributed by atoms with van der Waals surface area (Å²) in [5.41, 5.74) is 0. The second kappa shape index (κ2) is 1.73. The van der Waals surface area contributed by atoms with Gasteiger partial charge in [-0.2, -0.15) is 0 Å². The minimum atomic E-state index is -0.350. The molecule has 0 N–H and O–H groups in total. The maximum atomic E-state index is 12.0. The van der Waals surface area contributed by atoms with Crippen molar-refractivity contribution in [1.29, 1.82) is 0 Å². The van der Waals surface area contributed by atoms with Gasteiger partial charge in [0.15, 0.2) is 0 Å². The molecule has 0 radical (unpaired) electrons. The summed E-state index contributed by atoms with van der Waals surface area (Å²) in [4.78, 5) is 0. The van der Waals surface area contributed by atoms with Crippen LogP contribution < -0.4 is 0 Å². The third-order valence-electron chi connectivity index (χ3n) is 0.669. The molecule has 0 aromatic heterocycles. The molecule has 0 unspecified atom stereocenters. The van der Waals surface area contributed by atoms with Crippen molar-refractivity contribution < 1.29 is 5.76 Å². The van der Waals surface area contributed by atoms with E-state index in [2.05, 4.69) is 0 Å². The van der Waals surface area contributed by atoms with Gasteiger partial charge in [0.2, 0.25) is 0 Å². The van der Waals surface area contributed by atoms with Gasteiger partial charge in [0.05, 0.1) is 1.37 Å². The molecule has 0 spiro atoms. The molecule has 7 heavy (non-hydrogen) atoms. The van der Waals surface area contributed by atoms with Crippen molar-refractivity contribution in [3.05, 3.63) is 36.1 Å². The zero-order valence-corrected chi connectivity index (χ0v) is 3.69. The van der Waals surface area contributed by atoms with Crippen LogP contribution in [-0.4, -0.2) is 0 Å². The third-order valence-corrected chi connectivity index (χ3v) is 0.669. The lowest BCUT2D eigenvalue weighted by Gasteiger charge is -1.78. The van der Waals surface area contributed by atoms with Crippen molar-refractivity contribution in [2.75, 3.05) is 0 Å². The Hall–Kier alpha value is -0.850. The first-order valence-corrected chi connectivity index (χ1v) is 2.01. The van der Waals surface area contributed by atoms with E-state index >= 15 is 0 Å². The van der Waals surface area contributed by atoms with E-state index in [1.165, 1.54) is 24.3 Å². The fraction of sp³-hybridized carbons (Fsp3) is 0. The molecule has 0 fully saturated rings. The van der Waals surface area contributed by atoms with Gasteiger partial charge in [0.1, 0.15) is 5.82 Å². The Kier molecular flexibility index (Phi) is 0.791. The fourth-order valence-corrected chi connectivity index (χ4v) is 0.371. The van der Waals surface area contributed by atoms with E-state index in [4.69, 9.17) is 1.37 Å². The van der Waals surface area contributed by atoms with E-state index in [1.54, 1.807) is 0 Å². The lowest BCUT2D eigenvalue weighted by molar-refractivity contribution is 0.628. The van der Waals surface area contributed by atoms with Crippen LogP contribution in [0.15, 0.2) is 30.3 Å². The number of halogens is 1. The maximum absolute atomic E-state index is 12.0. The minimum absolute atomic E-state index is 0.213. The third kappa shape index (κ3) is 1.000. The van der Waals surface area contributed by atoms with Crippen LogP contribution in [0.5, 0.6) is 0 Å². The molecule has 0 aliphatic heterocycles. The first-order chi connectivity index (χ1) is 3.79. The lowest BCUT2D eigenvalue weighted by atomic mass is 10.4. The number of rotatable bonds is 0. The number of hydrogen-bond acceptors (Lipinski definition) is 0. The topological polar surface area (TPSA) is 0 Å². The van der Waals surface area contributed by atoms with Crippen molar-refractivity contribution in [1.82, 2.24) is 0 Å². The van der Waals surface area contributed by atoms with Gasteiger partial charge in [-0.15, -0.1) is 0 Å². The molecule has 0 atom stereocenters. The molecule has 1 aromatic carbocycles. The van der Waals surface area contributed by atoms with Crippen LogP contribution >= 0.6 is 0 Å². The number of hydrogen-bond donors (Lipinski definition) is 0. The molecule has 0 nitrogen and oxygen atoms in total. The first kappa shape index (κ1) is 3.19. The van der Waals surface area contributed by atoms with Crippen LogP contribution in [0, 0.1) is 5.82 Å². The molecule has 0 bridgehead atoms. The molecular weight excluding hydrogens is 91.1 g/mol. The second-order valence-corrected chi connectivity index (χ2v) is 1.22. The predicted octanol–water partition coefficient (Wildman–Crippen LogP) is 1.83. The Morgan fingerprint density at radius 1 is 1.43 bits per heavy atom. The van der Waals surface area contributed by atoms with Gasteiger partial charge in [-0.25, -0.2) is 4.39 Å². The molecule has 0 saturated heterocycles. The molecule has 1 rings (SSSR count). The Labute approximate surface area is 43.0 Å². The van der Waals surface area contributed by atoms with Crippen LogP contribution in [-0.2, 0) is 0 Å². The van der Waals surface area contributed by atoms with Crippen LogP contribution in [0.1, 0.15) is 1.37 Å². The van der Waals surface area contributed by atoms with Gasteiger partial charge in [0, 0.05) is 0 Å². The Balaban J connectivity index is 3.08. The largest absolute Gasteiger partial charge is 0.207 e. The first-order valence-electron chi connectivity index (χ1n) is 2.51. The van der Waals surface area contributed by atoms with Gasteiger partial charge in [-0.1, -0.05) is 18.2 Å². The lowest BCUT2D eigenvalue weighted by Crippen LogP contribution is -1.63. The number of benzene rings is 1. The van der Waals surface area contributed by atoms with Crippen molar-refractivity contribution in [3.8, 4) is 0 Å².